The van der Waals surface area contributed by atoms with Crippen molar-refractivity contribution in [1.82, 2.24) is 10.3 Å². The molecule has 0 amide bonds. The van der Waals surface area contributed by atoms with Gasteiger partial charge in [0.15, 0.2) is 0 Å². The summed E-state index contributed by atoms with van der Waals surface area (Å²) in [4.78, 5) is 4.15. The Morgan fingerprint density at radius 1 is 1.47 bits per heavy atom. The van der Waals surface area contributed by atoms with Crippen molar-refractivity contribution in [3.05, 3.63) is 29.6 Å². The van der Waals surface area contributed by atoms with Crippen molar-refractivity contribution >= 4 is 9.84 Å². The Hall–Kier alpha value is -0.940. The number of aromatic nitrogens is 1. The van der Waals surface area contributed by atoms with Crippen LogP contribution >= 0.6 is 0 Å². The zero-order valence-corrected chi connectivity index (χ0v) is 11.4. The number of aryl methyl sites for hydroxylation is 1. The molecule has 1 aromatic rings. The third-order valence-corrected chi connectivity index (χ3v) is 3.71. The summed E-state index contributed by atoms with van der Waals surface area (Å²) in [6, 6.07) is 4.19. The fraction of sp³-hybridized carbons (Fsp3) is 0.583. The van der Waals surface area contributed by atoms with E-state index in [0.29, 0.717) is 6.42 Å². The van der Waals surface area contributed by atoms with Gasteiger partial charge in [0.2, 0.25) is 0 Å². The molecule has 0 bridgehead atoms. The Kier molecular flexibility index (Phi) is 5.08. The van der Waals surface area contributed by atoms with E-state index in [-0.39, 0.29) is 11.8 Å². The highest BCUT2D eigenvalue weighted by Gasteiger charge is 2.11. The maximum absolute atomic E-state index is 11.1. The molecule has 0 radical (unpaired) electrons. The summed E-state index contributed by atoms with van der Waals surface area (Å²) in [6.07, 6.45) is 4.54. The van der Waals surface area contributed by atoms with E-state index >= 15 is 0 Å². The van der Waals surface area contributed by atoms with E-state index in [1.807, 2.05) is 26.1 Å². The van der Waals surface area contributed by atoms with Gasteiger partial charge < -0.3 is 5.32 Å². The highest BCUT2D eigenvalue weighted by molar-refractivity contribution is 7.90. The molecule has 17 heavy (non-hydrogen) atoms. The third kappa shape index (κ3) is 5.28. The van der Waals surface area contributed by atoms with Crippen LogP contribution in [-0.4, -0.2) is 32.5 Å². The van der Waals surface area contributed by atoms with E-state index < -0.39 is 9.84 Å². The van der Waals surface area contributed by atoms with E-state index in [0.717, 1.165) is 17.7 Å². The molecule has 5 heteroatoms. The molecule has 4 nitrogen and oxygen atoms in total. The third-order valence-electron chi connectivity index (χ3n) is 2.68. The van der Waals surface area contributed by atoms with Gasteiger partial charge in [-0.05, 0) is 44.5 Å². The topological polar surface area (TPSA) is 59.1 Å². The Labute approximate surface area is 103 Å². The van der Waals surface area contributed by atoms with Gasteiger partial charge in [-0.1, -0.05) is 0 Å². The average molecular weight is 256 g/mol. The number of pyridine rings is 1. The predicted molar refractivity (Wildman–Crippen MR) is 69.7 cm³/mol. The van der Waals surface area contributed by atoms with Gasteiger partial charge in [0.25, 0.3) is 0 Å². The minimum absolute atomic E-state index is 0.193. The van der Waals surface area contributed by atoms with Crippen molar-refractivity contribution in [3.63, 3.8) is 0 Å². The van der Waals surface area contributed by atoms with E-state index in [2.05, 4.69) is 10.3 Å². The lowest BCUT2D eigenvalue weighted by Crippen LogP contribution is -2.17. The van der Waals surface area contributed by atoms with Crippen molar-refractivity contribution in [2.75, 3.05) is 19.1 Å². The number of sulfone groups is 1. The number of rotatable bonds is 6. The Balaban J connectivity index is 2.60. The van der Waals surface area contributed by atoms with Crippen LogP contribution in [0.4, 0.5) is 0 Å². The Morgan fingerprint density at radius 2 is 2.18 bits per heavy atom. The lowest BCUT2D eigenvalue weighted by molar-refractivity contribution is 0.535. The van der Waals surface area contributed by atoms with Gasteiger partial charge in [0.05, 0.1) is 0 Å². The van der Waals surface area contributed by atoms with Gasteiger partial charge in [0, 0.05) is 29.9 Å². The fourth-order valence-corrected chi connectivity index (χ4v) is 2.50. The minimum Gasteiger partial charge on any atom is -0.313 e. The molecule has 0 aromatic carbocycles. The van der Waals surface area contributed by atoms with E-state index in [1.165, 1.54) is 6.26 Å². The predicted octanol–water partition coefficient (Wildman–Crippen LogP) is 1.48. The second-order valence-electron chi connectivity index (χ2n) is 4.34. The van der Waals surface area contributed by atoms with Crippen molar-refractivity contribution < 1.29 is 8.42 Å². The number of nitrogens with zero attached hydrogens (tertiary/aromatic N) is 1. The first kappa shape index (κ1) is 14.1. The van der Waals surface area contributed by atoms with Crippen LogP contribution < -0.4 is 5.32 Å². The standard InChI is InChI=1S/C12H20N2O2S/c1-10-9-11(6-7-14-10)12(13-2)5-4-8-17(3,15)16/h6-7,9,12-13H,4-5,8H2,1-3H3. The largest absolute Gasteiger partial charge is 0.313 e. The molecule has 0 saturated heterocycles. The maximum atomic E-state index is 11.1. The SMILES string of the molecule is CNC(CCCS(C)(=O)=O)c1ccnc(C)c1. The monoisotopic (exact) mass is 256 g/mol. The van der Waals surface area contributed by atoms with Gasteiger partial charge >= 0.3 is 0 Å². The second kappa shape index (κ2) is 6.12. The van der Waals surface area contributed by atoms with Crippen LogP contribution in [0.15, 0.2) is 18.3 Å². The molecular weight excluding hydrogens is 236 g/mol. The molecule has 96 valence electrons. The van der Waals surface area contributed by atoms with Crippen molar-refractivity contribution in [3.8, 4) is 0 Å². The van der Waals surface area contributed by atoms with Crippen molar-refractivity contribution in [1.29, 1.82) is 0 Å². The molecule has 1 aromatic heterocycles. The number of hydrogen-bond acceptors (Lipinski definition) is 4. The number of nitrogens with one attached hydrogen (secondary N) is 1. The van der Waals surface area contributed by atoms with Crippen LogP contribution in [0.25, 0.3) is 0 Å². The smallest absolute Gasteiger partial charge is 0.147 e. The van der Waals surface area contributed by atoms with Crippen LogP contribution in [0.2, 0.25) is 0 Å². The molecule has 0 fully saturated rings. The normalized spacial score (nSPS) is 13.6. The molecule has 1 atom stereocenters. The lowest BCUT2D eigenvalue weighted by atomic mass is 10.0. The van der Waals surface area contributed by atoms with Gasteiger partial charge in [0.1, 0.15) is 9.84 Å². The minimum atomic E-state index is -2.86. The lowest BCUT2D eigenvalue weighted by Gasteiger charge is -2.16. The molecule has 0 aliphatic carbocycles. The summed E-state index contributed by atoms with van der Waals surface area (Å²) in [5, 5.41) is 3.21. The molecule has 0 aliphatic rings. The summed E-state index contributed by atoms with van der Waals surface area (Å²) in [7, 11) is -0.969. The van der Waals surface area contributed by atoms with Gasteiger partial charge in [-0.3, -0.25) is 4.98 Å². The molecule has 0 spiro atoms. The van der Waals surface area contributed by atoms with Gasteiger partial charge in [-0.25, -0.2) is 8.42 Å². The molecule has 1 unspecified atom stereocenters. The van der Waals surface area contributed by atoms with Gasteiger partial charge in [-0.2, -0.15) is 0 Å². The molecule has 1 heterocycles. The second-order valence-corrected chi connectivity index (χ2v) is 6.60. The summed E-state index contributed by atoms with van der Waals surface area (Å²) in [5.74, 6) is 0.245. The zero-order chi connectivity index (χ0) is 12.9. The number of hydrogen-bond donors (Lipinski definition) is 1. The van der Waals surface area contributed by atoms with Crippen LogP contribution in [0.5, 0.6) is 0 Å². The highest BCUT2D eigenvalue weighted by Crippen LogP contribution is 2.18. The Bertz CT molecular complexity index is 457. The van der Waals surface area contributed by atoms with E-state index in [4.69, 9.17) is 0 Å². The molecule has 1 rings (SSSR count). The molecular formula is C12H20N2O2S. The first-order valence-corrected chi connectivity index (χ1v) is 7.76. The quantitative estimate of drug-likeness (QED) is 0.837. The van der Waals surface area contributed by atoms with Gasteiger partial charge in [-0.15, -0.1) is 0 Å². The van der Waals surface area contributed by atoms with Crippen LogP contribution in [0, 0.1) is 6.92 Å². The van der Waals surface area contributed by atoms with Crippen molar-refractivity contribution in [2.45, 2.75) is 25.8 Å². The average Bonchev–Trinajstić information content (AvgIpc) is 2.23. The summed E-state index contributed by atoms with van der Waals surface area (Å²) >= 11 is 0. The van der Waals surface area contributed by atoms with Crippen LogP contribution in [0.3, 0.4) is 0 Å². The fourth-order valence-electron chi connectivity index (χ4n) is 1.81. The first-order chi connectivity index (χ1) is 7.92. The summed E-state index contributed by atoms with van der Waals surface area (Å²) in [5.41, 5.74) is 2.14. The zero-order valence-electron chi connectivity index (χ0n) is 10.6. The summed E-state index contributed by atoms with van der Waals surface area (Å²) < 4.78 is 22.1. The highest BCUT2D eigenvalue weighted by atomic mass is 32.2. The van der Waals surface area contributed by atoms with E-state index in [9.17, 15) is 8.42 Å². The van der Waals surface area contributed by atoms with Crippen LogP contribution in [-0.2, 0) is 9.84 Å². The molecule has 0 saturated carbocycles. The van der Waals surface area contributed by atoms with Crippen LogP contribution in [0.1, 0.15) is 30.1 Å². The molecule has 0 aliphatic heterocycles. The Morgan fingerprint density at radius 3 is 2.71 bits per heavy atom. The van der Waals surface area contributed by atoms with E-state index in [1.54, 1.807) is 6.20 Å². The van der Waals surface area contributed by atoms with Crippen molar-refractivity contribution in [2.24, 2.45) is 0 Å². The summed E-state index contributed by atoms with van der Waals surface area (Å²) in [6.45, 7) is 1.95. The molecule has 1 N–H and O–H groups in total. The first-order valence-electron chi connectivity index (χ1n) is 5.70. The maximum Gasteiger partial charge on any atom is 0.147 e.